The molecule has 2 heterocycles. The first kappa shape index (κ1) is 13.0. The van der Waals surface area contributed by atoms with E-state index in [0.717, 1.165) is 0 Å². The molecule has 2 saturated heterocycles. The van der Waals surface area contributed by atoms with E-state index in [1.54, 1.807) is 0 Å². The van der Waals surface area contributed by atoms with E-state index in [2.05, 4.69) is 0 Å². The highest BCUT2D eigenvalue weighted by Crippen LogP contribution is 2.28. The average Bonchev–Trinajstić information content (AvgIpc) is 2.52. The summed E-state index contributed by atoms with van der Waals surface area (Å²) in [4.78, 5) is 11.7. The fourth-order valence-corrected chi connectivity index (χ4v) is 2.08. The molecule has 0 amide bonds. The van der Waals surface area contributed by atoms with Crippen LogP contribution in [0.3, 0.4) is 0 Å². The lowest BCUT2D eigenvalue weighted by atomic mass is 10.1. The van der Waals surface area contributed by atoms with Gasteiger partial charge in [-0.1, -0.05) is 0 Å². The van der Waals surface area contributed by atoms with Crippen LogP contribution >= 0.6 is 0 Å². The van der Waals surface area contributed by atoms with Crippen LogP contribution in [0, 0.1) is 0 Å². The molecule has 0 aliphatic carbocycles. The largest absolute Gasteiger partial charge is 0.348 e. The Morgan fingerprint density at radius 2 is 1.76 bits per heavy atom. The van der Waals surface area contributed by atoms with Gasteiger partial charge in [-0.2, -0.15) is 0 Å². The molecule has 5 nitrogen and oxygen atoms in total. The second-order valence-corrected chi connectivity index (χ2v) is 5.45. The summed E-state index contributed by atoms with van der Waals surface area (Å²) in [5, 5.41) is 0. The maximum Gasteiger partial charge on any atom is 0.187 e. The van der Waals surface area contributed by atoms with E-state index >= 15 is 0 Å². The molecular formula is C12H20O5. The number of hydrogen-bond donors (Lipinski definition) is 0. The van der Waals surface area contributed by atoms with Crippen molar-refractivity contribution in [1.82, 2.24) is 0 Å². The van der Waals surface area contributed by atoms with E-state index in [9.17, 15) is 4.79 Å². The fraction of sp³-hybridized carbons (Fsp3) is 0.917. The third kappa shape index (κ3) is 3.25. The summed E-state index contributed by atoms with van der Waals surface area (Å²) in [7, 11) is 0. The van der Waals surface area contributed by atoms with Gasteiger partial charge in [0.1, 0.15) is 12.7 Å². The minimum Gasteiger partial charge on any atom is -0.348 e. The Kier molecular flexibility index (Phi) is 3.29. The van der Waals surface area contributed by atoms with Crippen molar-refractivity contribution >= 4 is 5.78 Å². The number of ether oxygens (including phenoxy) is 4. The Morgan fingerprint density at radius 3 is 2.35 bits per heavy atom. The van der Waals surface area contributed by atoms with E-state index in [4.69, 9.17) is 18.9 Å². The van der Waals surface area contributed by atoms with Crippen LogP contribution in [-0.4, -0.2) is 42.8 Å². The number of rotatable bonds is 2. The molecule has 0 aromatic heterocycles. The lowest BCUT2D eigenvalue weighted by molar-refractivity contribution is -0.262. The molecule has 0 bridgehead atoms. The molecule has 0 radical (unpaired) electrons. The molecular weight excluding hydrogens is 224 g/mol. The number of Topliss-reactive ketones (excluding diaryl/α,β-unsaturated/α-hetero) is 1. The van der Waals surface area contributed by atoms with Crippen LogP contribution in [0.5, 0.6) is 0 Å². The monoisotopic (exact) mass is 244 g/mol. The normalized spacial score (nSPS) is 36.1. The smallest absolute Gasteiger partial charge is 0.187 e. The summed E-state index contributed by atoms with van der Waals surface area (Å²) in [6.45, 7) is 7.95. The van der Waals surface area contributed by atoms with Gasteiger partial charge in [-0.15, -0.1) is 0 Å². The highest BCUT2D eigenvalue weighted by atomic mass is 16.7. The zero-order chi connectivity index (χ0) is 12.7. The van der Waals surface area contributed by atoms with Gasteiger partial charge in [-0.25, -0.2) is 0 Å². The summed E-state index contributed by atoms with van der Waals surface area (Å²) in [5.74, 6) is -1.29. The molecule has 0 spiro atoms. The van der Waals surface area contributed by atoms with Crippen LogP contribution in [0.2, 0.25) is 0 Å². The quantitative estimate of drug-likeness (QED) is 0.731. The average molecular weight is 244 g/mol. The molecule has 0 aromatic carbocycles. The van der Waals surface area contributed by atoms with Gasteiger partial charge in [0, 0.05) is 6.42 Å². The van der Waals surface area contributed by atoms with E-state index in [1.807, 2.05) is 27.7 Å². The Balaban J connectivity index is 1.92. The lowest BCUT2D eigenvalue weighted by Gasteiger charge is -2.35. The Labute approximate surface area is 101 Å². The first-order valence-corrected chi connectivity index (χ1v) is 5.94. The predicted molar refractivity (Wildman–Crippen MR) is 59.4 cm³/mol. The van der Waals surface area contributed by atoms with Crippen molar-refractivity contribution in [3.8, 4) is 0 Å². The van der Waals surface area contributed by atoms with E-state index in [1.165, 1.54) is 0 Å². The summed E-state index contributed by atoms with van der Waals surface area (Å²) < 4.78 is 22.0. The van der Waals surface area contributed by atoms with Crippen molar-refractivity contribution < 1.29 is 23.7 Å². The van der Waals surface area contributed by atoms with Gasteiger partial charge >= 0.3 is 0 Å². The number of hydrogen-bond acceptors (Lipinski definition) is 5. The fourth-order valence-electron chi connectivity index (χ4n) is 2.08. The Hall–Kier alpha value is -0.490. The number of ketones is 1. The molecule has 2 atom stereocenters. The van der Waals surface area contributed by atoms with E-state index < -0.39 is 17.7 Å². The SMILES string of the molecule is CC1(C)OC[C@H](C[C@@H]2OC(C)(C)OCC2=O)O1. The predicted octanol–water partition coefficient (Wildman–Crippen LogP) is 1.25. The van der Waals surface area contributed by atoms with Crippen LogP contribution in [0.4, 0.5) is 0 Å². The molecule has 0 aromatic rings. The van der Waals surface area contributed by atoms with E-state index in [0.29, 0.717) is 13.0 Å². The van der Waals surface area contributed by atoms with Crippen molar-refractivity contribution in [3.63, 3.8) is 0 Å². The minimum absolute atomic E-state index is 0.0300. The van der Waals surface area contributed by atoms with Crippen LogP contribution in [0.25, 0.3) is 0 Å². The molecule has 2 aliphatic rings. The molecule has 2 fully saturated rings. The Bertz CT molecular complexity index is 310. The summed E-state index contributed by atoms with van der Waals surface area (Å²) in [6, 6.07) is 0. The van der Waals surface area contributed by atoms with Crippen molar-refractivity contribution in [2.45, 2.75) is 57.9 Å². The molecule has 0 N–H and O–H groups in total. The van der Waals surface area contributed by atoms with Crippen LogP contribution in [0.1, 0.15) is 34.1 Å². The summed E-state index contributed by atoms with van der Waals surface area (Å²) in [5.41, 5.74) is 0. The third-order valence-corrected chi connectivity index (χ3v) is 2.89. The van der Waals surface area contributed by atoms with Crippen molar-refractivity contribution in [2.24, 2.45) is 0 Å². The molecule has 17 heavy (non-hydrogen) atoms. The summed E-state index contributed by atoms with van der Waals surface area (Å²) >= 11 is 0. The van der Waals surface area contributed by atoms with Gasteiger partial charge in [-0.05, 0) is 27.7 Å². The molecule has 2 aliphatic heterocycles. The first-order chi connectivity index (χ1) is 7.77. The zero-order valence-corrected chi connectivity index (χ0v) is 10.8. The molecule has 2 rings (SSSR count). The minimum atomic E-state index is -0.701. The van der Waals surface area contributed by atoms with Crippen molar-refractivity contribution in [2.75, 3.05) is 13.2 Å². The maximum atomic E-state index is 11.7. The molecule has 0 unspecified atom stereocenters. The van der Waals surface area contributed by atoms with Crippen LogP contribution < -0.4 is 0 Å². The molecule has 98 valence electrons. The standard InChI is InChI=1S/C12H20O5/c1-11(2)14-6-8(16-11)5-10-9(13)7-15-12(3,4)17-10/h8,10H,5-7H2,1-4H3/t8-,10-/m0/s1. The van der Waals surface area contributed by atoms with Gasteiger partial charge in [0.2, 0.25) is 0 Å². The van der Waals surface area contributed by atoms with E-state index in [-0.39, 0.29) is 18.5 Å². The maximum absolute atomic E-state index is 11.7. The van der Waals surface area contributed by atoms with Gasteiger partial charge in [-0.3, -0.25) is 4.79 Å². The van der Waals surface area contributed by atoms with Crippen LogP contribution in [-0.2, 0) is 23.7 Å². The second-order valence-electron chi connectivity index (χ2n) is 5.45. The topological polar surface area (TPSA) is 54.0 Å². The highest BCUT2D eigenvalue weighted by Gasteiger charge is 2.40. The van der Waals surface area contributed by atoms with Gasteiger partial charge in [0.05, 0.1) is 12.7 Å². The van der Waals surface area contributed by atoms with Crippen molar-refractivity contribution in [1.29, 1.82) is 0 Å². The van der Waals surface area contributed by atoms with Crippen LogP contribution in [0.15, 0.2) is 0 Å². The Morgan fingerprint density at radius 1 is 1.12 bits per heavy atom. The zero-order valence-electron chi connectivity index (χ0n) is 10.8. The number of carbonyl (C=O) groups excluding carboxylic acids is 1. The second kappa shape index (κ2) is 4.31. The molecule has 5 heteroatoms. The third-order valence-electron chi connectivity index (χ3n) is 2.89. The lowest BCUT2D eigenvalue weighted by Crippen LogP contribution is -2.47. The van der Waals surface area contributed by atoms with Gasteiger partial charge in [0.15, 0.2) is 17.4 Å². The summed E-state index contributed by atoms with van der Waals surface area (Å²) in [6.07, 6.45) is -0.0243. The number of carbonyl (C=O) groups is 1. The van der Waals surface area contributed by atoms with Gasteiger partial charge in [0.25, 0.3) is 0 Å². The van der Waals surface area contributed by atoms with Crippen molar-refractivity contribution in [3.05, 3.63) is 0 Å². The highest BCUT2D eigenvalue weighted by molar-refractivity contribution is 5.84. The first-order valence-electron chi connectivity index (χ1n) is 5.94. The van der Waals surface area contributed by atoms with Gasteiger partial charge < -0.3 is 18.9 Å². The molecule has 0 saturated carbocycles.